The van der Waals surface area contributed by atoms with Crippen molar-refractivity contribution in [2.45, 2.75) is 84.0 Å². The van der Waals surface area contributed by atoms with E-state index in [2.05, 4.69) is 27.9 Å². The first-order valence-electron chi connectivity index (χ1n) is 8.73. The second-order valence-electron chi connectivity index (χ2n) is 6.77. The molecule has 0 unspecified atom stereocenters. The Morgan fingerprint density at radius 1 is 0.632 bits per heavy atom. The van der Waals surface area contributed by atoms with Crippen molar-refractivity contribution in [3.05, 3.63) is 6.92 Å². The molecular formula is C18H39N+. The summed E-state index contributed by atoms with van der Waals surface area (Å²) in [5.41, 5.74) is 0. The second-order valence-corrected chi connectivity index (χ2v) is 6.77. The van der Waals surface area contributed by atoms with E-state index in [4.69, 9.17) is 0 Å². The lowest BCUT2D eigenvalue weighted by atomic mass is 10.1. The highest BCUT2D eigenvalue weighted by atomic mass is 15.3. The van der Waals surface area contributed by atoms with Gasteiger partial charge in [-0.05, 0) is 25.7 Å². The Bertz CT molecular complexity index is 175. The summed E-state index contributed by atoms with van der Waals surface area (Å²) in [5.74, 6) is 0. The molecule has 0 bridgehead atoms. The minimum atomic E-state index is 1.10. The van der Waals surface area contributed by atoms with E-state index < -0.39 is 0 Å². The molecule has 1 heteroatoms. The van der Waals surface area contributed by atoms with Gasteiger partial charge in [0.1, 0.15) is 0 Å². The molecule has 0 spiro atoms. The Kier molecular flexibility index (Phi) is 12.9. The molecule has 0 saturated carbocycles. The van der Waals surface area contributed by atoms with E-state index in [1.807, 2.05) is 0 Å². The normalized spacial score (nSPS) is 12.0. The molecule has 0 aliphatic heterocycles. The summed E-state index contributed by atoms with van der Waals surface area (Å²) >= 11 is 0. The van der Waals surface area contributed by atoms with Crippen LogP contribution in [0, 0.1) is 6.92 Å². The van der Waals surface area contributed by atoms with Crippen LogP contribution in [-0.2, 0) is 0 Å². The molecule has 0 amide bonds. The summed E-state index contributed by atoms with van der Waals surface area (Å²) in [6.07, 6.45) is 16.6. The average Bonchev–Trinajstić information content (AvgIpc) is 2.38. The maximum Gasteiger partial charge on any atom is 0.0782 e. The summed E-state index contributed by atoms with van der Waals surface area (Å²) in [6.45, 7) is 8.90. The predicted molar refractivity (Wildman–Crippen MR) is 88.3 cm³/mol. The van der Waals surface area contributed by atoms with Crippen molar-refractivity contribution in [2.24, 2.45) is 0 Å². The third kappa shape index (κ3) is 14.2. The molecule has 0 aliphatic carbocycles. The van der Waals surface area contributed by atoms with Gasteiger partial charge in [-0.25, -0.2) is 0 Å². The van der Waals surface area contributed by atoms with Crippen LogP contribution < -0.4 is 0 Å². The minimum absolute atomic E-state index is 1.10. The molecule has 1 radical (unpaired) electrons. The number of hydrogen-bond acceptors (Lipinski definition) is 0. The van der Waals surface area contributed by atoms with Crippen LogP contribution in [0.1, 0.15) is 84.0 Å². The molecule has 0 N–H and O–H groups in total. The number of unbranched alkanes of at least 4 members (excludes halogenated alkanes) is 10. The molecule has 0 aliphatic rings. The van der Waals surface area contributed by atoms with Crippen molar-refractivity contribution in [3.8, 4) is 0 Å². The third-order valence-corrected chi connectivity index (χ3v) is 4.13. The fourth-order valence-electron chi connectivity index (χ4n) is 2.68. The van der Waals surface area contributed by atoms with E-state index in [1.165, 1.54) is 88.2 Å². The zero-order valence-corrected chi connectivity index (χ0v) is 14.1. The quantitative estimate of drug-likeness (QED) is 0.284. The van der Waals surface area contributed by atoms with Crippen LogP contribution in [-0.4, -0.2) is 31.7 Å². The van der Waals surface area contributed by atoms with Gasteiger partial charge in [-0.1, -0.05) is 65.2 Å². The highest BCUT2D eigenvalue weighted by molar-refractivity contribution is 4.48. The molecule has 19 heavy (non-hydrogen) atoms. The van der Waals surface area contributed by atoms with Crippen molar-refractivity contribution in [1.82, 2.24) is 0 Å². The monoisotopic (exact) mass is 269 g/mol. The van der Waals surface area contributed by atoms with E-state index in [9.17, 15) is 0 Å². The SMILES string of the molecule is [CH2]CCCCC[N+](C)(C)CCCCCCCCCC. The van der Waals surface area contributed by atoms with Crippen molar-refractivity contribution < 1.29 is 4.48 Å². The molecule has 0 aromatic heterocycles. The summed E-state index contributed by atoms with van der Waals surface area (Å²) in [6, 6.07) is 0. The zero-order valence-electron chi connectivity index (χ0n) is 14.1. The molecule has 0 fully saturated rings. The molecule has 0 aromatic rings. The fraction of sp³-hybridized carbons (Fsp3) is 0.944. The standard InChI is InChI=1S/C18H39N/c1-5-7-9-11-12-13-14-16-18-19(3,4)17-15-10-8-6-2/h2,5-18H2,1,3-4H3/q+1. The summed E-state index contributed by atoms with van der Waals surface area (Å²) in [7, 11) is 4.79. The van der Waals surface area contributed by atoms with Gasteiger partial charge in [-0.2, -0.15) is 0 Å². The van der Waals surface area contributed by atoms with Crippen LogP contribution in [0.4, 0.5) is 0 Å². The van der Waals surface area contributed by atoms with Gasteiger partial charge in [0.25, 0.3) is 0 Å². The van der Waals surface area contributed by atoms with Crippen molar-refractivity contribution in [3.63, 3.8) is 0 Å². The molecule has 0 atom stereocenters. The highest BCUT2D eigenvalue weighted by Crippen LogP contribution is 2.11. The Hall–Kier alpha value is -0.0400. The maximum absolute atomic E-state index is 3.91. The predicted octanol–water partition coefficient (Wildman–Crippen LogP) is 5.60. The van der Waals surface area contributed by atoms with Gasteiger partial charge in [0.2, 0.25) is 0 Å². The summed E-state index contributed by atoms with van der Waals surface area (Å²) < 4.78 is 1.22. The number of hydrogen-bond donors (Lipinski definition) is 0. The zero-order chi connectivity index (χ0) is 14.4. The molecule has 0 heterocycles. The van der Waals surface area contributed by atoms with Crippen LogP contribution in [0.5, 0.6) is 0 Å². The lowest BCUT2D eigenvalue weighted by Crippen LogP contribution is -2.41. The topological polar surface area (TPSA) is 0 Å². The van der Waals surface area contributed by atoms with Crippen LogP contribution >= 0.6 is 0 Å². The second kappa shape index (κ2) is 13.0. The first-order valence-corrected chi connectivity index (χ1v) is 8.73. The van der Waals surface area contributed by atoms with Crippen LogP contribution in [0.15, 0.2) is 0 Å². The molecule has 0 aromatic carbocycles. The van der Waals surface area contributed by atoms with Crippen molar-refractivity contribution in [1.29, 1.82) is 0 Å². The Labute approximate surface area is 123 Å². The van der Waals surface area contributed by atoms with E-state index in [0.717, 1.165) is 6.42 Å². The highest BCUT2D eigenvalue weighted by Gasteiger charge is 2.13. The van der Waals surface area contributed by atoms with Crippen LogP contribution in [0.25, 0.3) is 0 Å². The molecular weight excluding hydrogens is 230 g/mol. The number of nitrogens with zero attached hydrogens (tertiary/aromatic N) is 1. The van der Waals surface area contributed by atoms with Crippen molar-refractivity contribution in [2.75, 3.05) is 27.2 Å². The van der Waals surface area contributed by atoms with E-state index in [1.54, 1.807) is 0 Å². The Balaban J connectivity index is 3.32. The van der Waals surface area contributed by atoms with E-state index >= 15 is 0 Å². The van der Waals surface area contributed by atoms with Crippen molar-refractivity contribution >= 4 is 0 Å². The number of quaternary nitrogens is 1. The molecule has 0 saturated heterocycles. The summed E-state index contributed by atoms with van der Waals surface area (Å²) in [5, 5.41) is 0. The number of rotatable bonds is 14. The van der Waals surface area contributed by atoms with Gasteiger partial charge in [-0.15, -0.1) is 0 Å². The summed E-state index contributed by atoms with van der Waals surface area (Å²) in [4.78, 5) is 0. The molecule has 0 rings (SSSR count). The Morgan fingerprint density at radius 2 is 1.05 bits per heavy atom. The fourth-order valence-corrected chi connectivity index (χ4v) is 2.68. The molecule has 1 nitrogen and oxygen atoms in total. The first-order chi connectivity index (χ1) is 9.12. The maximum atomic E-state index is 3.91. The average molecular weight is 270 g/mol. The lowest BCUT2D eigenvalue weighted by molar-refractivity contribution is -0.890. The van der Waals surface area contributed by atoms with Gasteiger partial charge >= 0.3 is 0 Å². The first kappa shape index (κ1) is 19.0. The largest absolute Gasteiger partial charge is 0.328 e. The van der Waals surface area contributed by atoms with E-state index in [-0.39, 0.29) is 0 Å². The van der Waals surface area contributed by atoms with Gasteiger partial charge in [-0.3, -0.25) is 0 Å². The van der Waals surface area contributed by atoms with Gasteiger partial charge in [0, 0.05) is 0 Å². The Morgan fingerprint density at radius 3 is 1.53 bits per heavy atom. The van der Waals surface area contributed by atoms with Gasteiger partial charge in [0.05, 0.1) is 27.2 Å². The molecule has 115 valence electrons. The van der Waals surface area contributed by atoms with E-state index in [0.29, 0.717) is 0 Å². The van der Waals surface area contributed by atoms with Gasteiger partial charge < -0.3 is 4.48 Å². The van der Waals surface area contributed by atoms with Crippen LogP contribution in [0.2, 0.25) is 0 Å². The van der Waals surface area contributed by atoms with Gasteiger partial charge in [0.15, 0.2) is 0 Å². The third-order valence-electron chi connectivity index (χ3n) is 4.13. The van der Waals surface area contributed by atoms with Crippen LogP contribution in [0.3, 0.4) is 0 Å². The minimum Gasteiger partial charge on any atom is -0.328 e. The smallest absolute Gasteiger partial charge is 0.0782 e. The lowest BCUT2D eigenvalue weighted by Gasteiger charge is -2.30.